The van der Waals surface area contributed by atoms with Crippen molar-refractivity contribution in [3.8, 4) is 0 Å². The molecule has 0 saturated heterocycles. The molecule has 1 aromatic carbocycles. The van der Waals surface area contributed by atoms with Crippen molar-refractivity contribution in [2.24, 2.45) is 7.05 Å². The molecule has 2 rings (SSSR count). The average Bonchev–Trinajstić information content (AvgIpc) is 2.72. The molecule has 3 nitrogen and oxygen atoms in total. The lowest BCUT2D eigenvalue weighted by molar-refractivity contribution is 0.570. The summed E-state index contributed by atoms with van der Waals surface area (Å²) >= 11 is 6.12. The Kier molecular flexibility index (Phi) is 5.21. The number of halogens is 1. The summed E-state index contributed by atoms with van der Waals surface area (Å²) in [5.74, 6) is 0.406. The van der Waals surface area contributed by atoms with Crippen LogP contribution >= 0.6 is 11.6 Å². The maximum absolute atomic E-state index is 6.12. The summed E-state index contributed by atoms with van der Waals surface area (Å²) in [6.07, 6.45) is 0.963. The molecule has 0 fully saturated rings. The van der Waals surface area contributed by atoms with E-state index in [1.165, 1.54) is 11.3 Å². The normalized spacial score (nSPS) is 12.6. The number of likely N-dealkylation sites (N-methyl/N-ethyl adjacent to an activating group) is 1. The van der Waals surface area contributed by atoms with Crippen molar-refractivity contribution in [3.05, 3.63) is 52.3 Å². The number of nitrogens with zero attached hydrogens (tertiary/aromatic N) is 2. The molecule has 0 aliphatic carbocycles. The highest BCUT2D eigenvalue weighted by atomic mass is 35.5. The molecule has 20 heavy (non-hydrogen) atoms. The molecule has 0 amide bonds. The zero-order valence-electron chi connectivity index (χ0n) is 12.4. The van der Waals surface area contributed by atoms with Gasteiger partial charge in [-0.25, -0.2) is 0 Å². The first-order valence-corrected chi connectivity index (χ1v) is 7.43. The van der Waals surface area contributed by atoms with Gasteiger partial charge in [0.25, 0.3) is 0 Å². The van der Waals surface area contributed by atoms with Crippen LogP contribution in [0.1, 0.15) is 29.8 Å². The van der Waals surface area contributed by atoms with Gasteiger partial charge in [-0.3, -0.25) is 4.68 Å². The fourth-order valence-corrected chi connectivity index (χ4v) is 2.69. The zero-order chi connectivity index (χ0) is 14.5. The summed E-state index contributed by atoms with van der Waals surface area (Å²) in [6.45, 7) is 6.08. The van der Waals surface area contributed by atoms with Crippen LogP contribution in [0.3, 0.4) is 0 Å². The molecule has 0 aliphatic heterocycles. The van der Waals surface area contributed by atoms with Crippen molar-refractivity contribution in [1.29, 1.82) is 0 Å². The Morgan fingerprint density at radius 1 is 1.35 bits per heavy atom. The summed E-state index contributed by atoms with van der Waals surface area (Å²) < 4.78 is 1.97. The molecule has 0 aliphatic rings. The van der Waals surface area contributed by atoms with Crippen LogP contribution in [0.25, 0.3) is 0 Å². The number of nitrogens with one attached hydrogen (secondary N) is 1. The van der Waals surface area contributed by atoms with E-state index in [9.17, 15) is 0 Å². The van der Waals surface area contributed by atoms with Gasteiger partial charge in [-0.1, -0.05) is 30.7 Å². The Balaban J connectivity index is 2.21. The number of hydrogen-bond donors (Lipinski definition) is 1. The van der Waals surface area contributed by atoms with Gasteiger partial charge in [0, 0.05) is 30.2 Å². The van der Waals surface area contributed by atoms with Gasteiger partial charge in [-0.05, 0) is 43.7 Å². The lowest BCUT2D eigenvalue weighted by atomic mass is 9.94. The molecule has 1 unspecified atom stereocenters. The maximum atomic E-state index is 6.12. The minimum absolute atomic E-state index is 0.406. The third-order valence-corrected chi connectivity index (χ3v) is 3.75. The summed E-state index contributed by atoms with van der Waals surface area (Å²) in [5, 5.41) is 8.66. The van der Waals surface area contributed by atoms with Crippen LogP contribution in [0.4, 0.5) is 0 Å². The third-order valence-electron chi connectivity index (χ3n) is 3.52. The van der Waals surface area contributed by atoms with Crippen LogP contribution < -0.4 is 5.32 Å². The molecule has 1 heterocycles. The third kappa shape index (κ3) is 3.84. The molecule has 0 spiro atoms. The average molecular weight is 292 g/mol. The molecule has 108 valence electrons. The number of benzene rings is 1. The molecule has 4 heteroatoms. The van der Waals surface area contributed by atoms with Gasteiger partial charge in [0.15, 0.2) is 0 Å². The van der Waals surface area contributed by atoms with E-state index in [0.29, 0.717) is 5.92 Å². The predicted octanol–water partition coefficient (Wildman–Crippen LogP) is 3.32. The SMILES string of the molecule is CCNCC(Cc1cc(C)nn1C)c1cccc(Cl)c1. The van der Waals surface area contributed by atoms with Crippen LogP contribution in [0.15, 0.2) is 30.3 Å². The zero-order valence-corrected chi connectivity index (χ0v) is 13.1. The van der Waals surface area contributed by atoms with Crippen molar-refractivity contribution in [1.82, 2.24) is 15.1 Å². The number of hydrogen-bond acceptors (Lipinski definition) is 2. The van der Waals surface area contributed by atoms with Gasteiger partial charge in [-0.15, -0.1) is 0 Å². The van der Waals surface area contributed by atoms with E-state index >= 15 is 0 Å². The molecule has 0 radical (unpaired) electrons. The molecule has 1 N–H and O–H groups in total. The van der Waals surface area contributed by atoms with Crippen LogP contribution in [-0.4, -0.2) is 22.9 Å². The predicted molar refractivity (Wildman–Crippen MR) is 84.4 cm³/mol. The van der Waals surface area contributed by atoms with Gasteiger partial charge >= 0.3 is 0 Å². The van der Waals surface area contributed by atoms with Gasteiger partial charge in [-0.2, -0.15) is 5.10 Å². The summed E-state index contributed by atoms with van der Waals surface area (Å²) in [5.41, 5.74) is 3.60. The first kappa shape index (κ1) is 15.1. The van der Waals surface area contributed by atoms with Gasteiger partial charge in [0.2, 0.25) is 0 Å². The van der Waals surface area contributed by atoms with Crippen LogP contribution in [0.2, 0.25) is 5.02 Å². The number of aromatic nitrogens is 2. The first-order chi connectivity index (χ1) is 9.60. The highest BCUT2D eigenvalue weighted by Crippen LogP contribution is 2.23. The van der Waals surface area contributed by atoms with E-state index in [0.717, 1.165) is 30.2 Å². The molecular weight excluding hydrogens is 270 g/mol. The highest BCUT2D eigenvalue weighted by Gasteiger charge is 2.15. The molecule has 1 aromatic heterocycles. The Bertz CT molecular complexity index is 563. The van der Waals surface area contributed by atoms with E-state index in [2.05, 4.69) is 35.5 Å². The monoisotopic (exact) mass is 291 g/mol. The quantitative estimate of drug-likeness (QED) is 0.885. The maximum Gasteiger partial charge on any atom is 0.0596 e. The molecule has 1 atom stereocenters. The Morgan fingerprint density at radius 2 is 2.15 bits per heavy atom. The minimum Gasteiger partial charge on any atom is -0.316 e. The lowest BCUT2D eigenvalue weighted by Gasteiger charge is -2.18. The van der Waals surface area contributed by atoms with E-state index in [1.54, 1.807) is 0 Å². The largest absolute Gasteiger partial charge is 0.316 e. The molecular formula is C16H22ClN3. The Hall–Kier alpha value is -1.32. The number of aryl methyl sites for hydroxylation is 2. The smallest absolute Gasteiger partial charge is 0.0596 e. The fraction of sp³-hybridized carbons (Fsp3) is 0.438. The standard InChI is InChI=1S/C16H22ClN3/c1-4-18-11-14(13-6-5-7-15(17)9-13)10-16-8-12(2)19-20(16)3/h5-9,14,18H,4,10-11H2,1-3H3. The summed E-state index contributed by atoms with van der Waals surface area (Å²) in [6, 6.07) is 10.3. The fourth-order valence-electron chi connectivity index (χ4n) is 2.49. The molecule has 2 aromatic rings. The van der Waals surface area contributed by atoms with Crippen molar-refractivity contribution >= 4 is 11.6 Å². The van der Waals surface area contributed by atoms with Crippen molar-refractivity contribution in [2.45, 2.75) is 26.2 Å². The Labute approximate surface area is 126 Å². The second kappa shape index (κ2) is 6.91. The van der Waals surface area contributed by atoms with Crippen molar-refractivity contribution in [2.75, 3.05) is 13.1 Å². The van der Waals surface area contributed by atoms with Crippen molar-refractivity contribution < 1.29 is 0 Å². The summed E-state index contributed by atoms with van der Waals surface area (Å²) in [7, 11) is 2.00. The van der Waals surface area contributed by atoms with Gasteiger partial charge in [0.05, 0.1) is 5.69 Å². The van der Waals surface area contributed by atoms with Crippen LogP contribution in [0.5, 0.6) is 0 Å². The van der Waals surface area contributed by atoms with E-state index in [4.69, 9.17) is 11.6 Å². The first-order valence-electron chi connectivity index (χ1n) is 7.06. The highest BCUT2D eigenvalue weighted by molar-refractivity contribution is 6.30. The van der Waals surface area contributed by atoms with E-state index in [1.807, 2.05) is 30.8 Å². The second-order valence-corrected chi connectivity index (χ2v) is 5.60. The topological polar surface area (TPSA) is 29.9 Å². The summed E-state index contributed by atoms with van der Waals surface area (Å²) in [4.78, 5) is 0. The molecule has 0 bridgehead atoms. The van der Waals surface area contributed by atoms with Crippen LogP contribution in [-0.2, 0) is 13.5 Å². The van der Waals surface area contributed by atoms with E-state index < -0.39 is 0 Å². The van der Waals surface area contributed by atoms with E-state index in [-0.39, 0.29) is 0 Å². The lowest BCUT2D eigenvalue weighted by Crippen LogP contribution is -2.23. The van der Waals surface area contributed by atoms with Crippen LogP contribution in [0, 0.1) is 6.92 Å². The molecule has 0 saturated carbocycles. The number of rotatable bonds is 6. The van der Waals surface area contributed by atoms with Gasteiger partial charge in [0.1, 0.15) is 0 Å². The second-order valence-electron chi connectivity index (χ2n) is 5.16. The van der Waals surface area contributed by atoms with Gasteiger partial charge < -0.3 is 5.32 Å². The van der Waals surface area contributed by atoms with Crippen molar-refractivity contribution in [3.63, 3.8) is 0 Å². The Morgan fingerprint density at radius 3 is 2.75 bits per heavy atom. The minimum atomic E-state index is 0.406.